The third kappa shape index (κ3) is 2.60. The van der Waals surface area contributed by atoms with E-state index in [9.17, 15) is 4.79 Å². The number of nitrogens with zero attached hydrogens (tertiary/aromatic N) is 3. The fourth-order valence-corrected chi connectivity index (χ4v) is 1.37. The highest BCUT2D eigenvalue weighted by atomic mass is 16.1. The topological polar surface area (TPSA) is 85.8 Å². The number of aryl methyl sites for hydroxylation is 1. The first kappa shape index (κ1) is 11.1. The number of aromatic nitrogens is 3. The summed E-state index contributed by atoms with van der Waals surface area (Å²) in [6.07, 6.45) is 4.84. The normalized spacial score (nSPS) is 10.2. The lowest BCUT2D eigenvalue weighted by Gasteiger charge is -2.01. The molecule has 6 nitrogen and oxygen atoms in total. The van der Waals surface area contributed by atoms with Crippen LogP contribution in [0.15, 0.2) is 30.7 Å². The van der Waals surface area contributed by atoms with Crippen molar-refractivity contribution in [2.45, 2.75) is 13.5 Å². The molecule has 0 aliphatic rings. The molecular formula is C11H13N5O. The summed E-state index contributed by atoms with van der Waals surface area (Å²) in [4.78, 5) is 15.7. The third-order valence-corrected chi connectivity index (χ3v) is 2.23. The first-order valence-electron chi connectivity index (χ1n) is 5.24. The Labute approximate surface area is 98.5 Å². The number of nitrogen functional groups attached to an aromatic ring is 1. The molecule has 2 aromatic heterocycles. The second-order valence-corrected chi connectivity index (χ2v) is 3.51. The van der Waals surface area contributed by atoms with Crippen LogP contribution in [0.3, 0.4) is 0 Å². The number of nitrogens with one attached hydrogen (secondary N) is 1. The molecule has 0 aromatic carbocycles. The van der Waals surface area contributed by atoms with E-state index in [1.807, 2.05) is 6.92 Å². The van der Waals surface area contributed by atoms with Crippen LogP contribution in [0.2, 0.25) is 0 Å². The minimum atomic E-state index is -0.298. The maximum Gasteiger partial charge on any atom is 0.274 e. The SMILES string of the molecule is CCn1cc(NC(=O)c2cc(N)ccn2)cn1. The van der Waals surface area contributed by atoms with E-state index in [0.717, 1.165) is 6.54 Å². The maximum atomic E-state index is 11.8. The summed E-state index contributed by atoms with van der Waals surface area (Å²) < 4.78 is 1.72. The number of hydrogen-bond acceptors (Lipinski definition) is 4. The molecule has 0 spiro atoms. The maximum absolute atomic E-state index is 11.8. The molecule has 6 heteroatoms. The molecule has 0 unspecified atom stereocenters. The second kappa shape index (κ2) is 4.65. The number of nitrogens with two attached hydrogens (primary N) is 1. The summed E-state index contributed by atoms with van der Waals surface area (Å²) in [5.41, 5.74) is 7.01. The molecule has 2 rings (SSSR count). The predicted molar refractivity (Wildman–Crippen MR) is 64.5 cm³/mol. The van der Waals surface area contributed by atoms with E-state index in [4.69, 9.17) is 5.73 Å². The van der Waals surface area contributed by atoms with Gasteiger partial charge in [0.25, 0.3) is 5.91 Å². The van der Waals surface area contributed by atoms with E-state index in [1.165, 1.54) is 12.3 Å². The fourth-order valence-electron chi connectivity index (χ4n) is 1.37. The van der Waals surface area contributed by atoms with E-state index < -0.39 is 0 Å². The number of rotatable bonds is 3. The quantitative estimate of drug-likeness (QED) is 0.829. The molecule has 0 aliphatic heterocycles. The Kier molecular flexibility index (Phi) is 3.04. The lowest BCUT2D eigenvalue weighted by molar-refractivity contribution is 0.102. The van der Waals surface area contributed by atoms with Crippen LogP contribution >= 0.6 is 0 Å². The number of hydrogen-bond donors (Lipinski definition) is 2. The van der Waals surface area contributed by atoms with Crippen LogP contribution < -0.4 is 11.1 Å². The zero-order chi connectivity index (χ0) is 12.3. The molecule has 17 heavy (non-hydrogen) atoms. The van der Waals surface area contributed by atoms with Crippen LogP contribution in [-0.2, 0) is 6.54 Å². The van der Waals surface area contributed by atoms with Gasteiger partial charge in [-0.3, -0.25) is 14.5 Å². The largest absolute Gasteiger partial charge is 0.399 e. The van der Waals surface area contributed by atoms with Gasteiger partial charge >= 0.3 is 0 Å². The summed E-state index contributed by atoms with van der Waals surface area (Å²) in [6, 6.07) is 3.16. The first-order valence-corrected chi connectivity index (χ1v) is 5.24. The summed E-state index contributed by atoms with van der Waals surface area (Å²) in [5.74, 6) is -0.298. The molecular weight excluding hydrogens is 218 g/mol. The Balaban J connectivity index is 2.11. The van der Waals surface area contributed by atoms with Crippen molar-refractivity contribution >= 4 is 17.3 Å². The standard InChI is InChI=1S/C11H13N5O/c1-2-16-7-9(6-14-16)15-11(17)10-5-8(12)3-4-13-10/h3-7H,2H2,1H3,(H2,12,13)(H,15,17). The Morgan fingerprint density at radius 2 is 2.41 bits per heavy atom. The molecule has 0 radical (unpaired) electrons. The third-order valence-electron chi connectivity index (χ3n) is 2.23. The van der Waals surface area contributed by atoms with Crippen molar-refractivity contribution in [3.05, 3.63) is 36.4 Å². The number of carbonyl (C=O) groups excluding carboxylic acids is 1. The smallest absolute Gasteiger partial charge is 0.274 e. The molecule has 1 amide bonds. The molecule has 88 valence electrons. The number of pyridine rings is 1. The lowest BCUT2D eigenvalue weighted by atomic mass is 10.3. The number of amides is 1. The minimum Gasteiger partial charge on any atom is -0.399 e. The summed E-state index contributed by atoms with van der Waals surface area (Å²) in [5, 5.41) is 6.76. The fraction of sp³-hybridized carbons (Fsp3) is 0.182. The highest BCUT2D eigenvalue weighted by Gasteiger charge is 2.08. The van der Waals surface area contributed by atoms with Gasteiger partial charge in [-0.25, -0.2) is 0 Å². The van der Waals surface area contributed by atoms with E-state index in [-0.39, 0.29) is 11.6 Å². The Bertz CT molecular complexity index is 534. The first-order chi connectivity index (χ1) is 8.19. The van der Waals surface area contributed by atoms with Crippen molar-refractivity contribution in [1.82, 2.24) is 14.8 Å². The lowest BCUT2D eigenvalue weighted by Crippen LogP contribution is -2.13. The van der Waals surface area contributed by atoms with Crippen molar-refractivity contribution in [1.29, 1.82) is 0 Å². The summed E-state index contributed by atoms with van der Waals surface area (Å²) in [6.45, 7) is 2.73. The van der Waals surface area contributed by atoms with E-state index in [2.05, 4.69) is 15.4 Å². The molecule has 0 atom stereocenters. The summed E-state index contributed by atoms with van der Waals surface area (Å²) >= 11 is 0. The van der Waals surface area contributed by atoms with Gasteiger partial charge in [0.1, 0.15) is 5.69 Å². The van der Waals surface area contributed by atoms with Crippen molar-refractivity contribution in [2.24, 2.45) is 0 Å². The van der Waals surface area contributed by atoms with Crippen LogP contribution in [0.4, 0.5) is 11.4 Å². The van der Waals surface area contributed by atoms with Crippen LogP contribution in [0.5, 0.6) is 0 Å². The van der Waals surface area contributed by atoms with Crippen molar-refractivity contribution in [3.63, 3.8) is 0 Å². The molecule has 0 bridgehead atoms. The molecule has 0 saturated carbocycles. The minimum absolute atomic E-state index is 0.286. The highest BCUT2D eigenvalue weighted by molar-refractivity contribution is 6.03. The van der Waals surface area contributed by atoms with Gasteiger partial charge in [-0.1, -0.05) is 0 Å². The van der Waals surface area contributed by atoms with Crippen LogP contribution in [0, 0.1) is 0 Å². The zero-order valence-corrected chi connectivity index (χ0v) is 9.42. The highest BCUT2D eigenvalue weighted by Crippen LogP contribution is 2.08. The summed E-state index contributed by atoms with van der Waals surface area (Å²) in [7, 11) is 0. The monoisotopic (exact) mass is 231 g/mol. The van der Waals surface area contributed by atoms with Crippen LogP contribution in [0.25, 0.3) is 0 Å². The Morgan fingerprint density at radius 3 is 3.06 bits per heavy atom. The van der Waals surface area contributed by atoms with Crippen molar-refractivity contribution in [3.8, 4) is 0 Å². The second-order valence-electron chi connectivity index (χ2n) is 3.51. The number of anilines is 2. The van der Waals surface area contributed by atoms with Gasteiger partial charge in [0.15, 0.2) is 0 Å². The molecule has 0 aliphatic carbocycles. The van der Waals surface area contributed by atoms with Gasteiger partial charge in [0.05, 0.1) is 11.9 Å². The van der Waals surface area contributed by atoms with Gasteiger partial charge in [-0.2, -0.15) is 5.10 Å². The average Bonchev–Trinajstić information content (AvgIpc) is 2.77. The zero-order valence-electron chi connectivity index (χ0n) is 9.42. The predicted octanol–water partition coefficient (Wildman–Crippen LogP) is 1.13. The van der Waals surface area contributed by atoms with Gasteiger partial charge in [-0.15, -0.1) is 0 Å². The van der Waals surface area contributed by atoms with Crippen molar-refractivity contribution < 1.29 is 4.79 Å². The van der Waals surface area contributed by atoms with Gasteiger partial charge in [0.2, 0.25) is 0 Å². The van der Waals surface area contributed by atoms with Crippen molar-refractivity contribution in [2.75, 3.05) is 11.1 Å². The van der Waals surface area contributed by atoms with E-state index in [0.29, 0.717) is 11.4 Å². The van der Waals surface area contributed by atoms with Crippen LogP contribution in [-0.4, -0.2) is 20.7 Å². The molecule has 0 saturated heterocycles. The van der Waals surface area contributed by atoms with E-state index in [1.54, 1.807) is 23.1 Å². The Morgan fingerprint density at radius 1 is 1.59 bits per heavy atom. The van der Waals surface area contributed by atoms with E-state index >= 15 is 0 Å². The molecule has 3 N–H and O–H groups in total. The van der Waals surface area contributed by atoms with Crippen LogP contribution in [0.1, 0.15) is 17.4 Å². The molecule has 2 aromatic rings. The van der Waals surface area contributed by atoms with Gasteiger partial charge < -0.3 is 11.1 Å². The average molecular weight is 231 g/mol. The molecule has 0 fully saturated rings. The Hall–Kier alpha value is -2.37. The number of carbonyl (C=O) groups is 1. The van der Waals surface area contributed by atoms with Gasteiger partial charge in [-0.05, 0) is 19.1 Å². The van der Waals surface area contributed by atoms with Gasteiger partial charge in [0, 0.05) is 24.6 Å². The molecule has 2 heterocycles.